The van der Waals surface area contributed by atoms with E-state index in [0.717, 1.165) is 6.07 Å². The number of nitriles is 1. The van der Waals surface area contributed by atoms with Gasteiger partial charge in [-0.15, -0.1) is 0 Å². The first-order valence-corrected chi connectivity index (χ1v) is 6.47. The highest BCUT2D eigenvalue weighted by Gasteiger charge is 2.14. The third-order valence-electron chi connectivity index (χ3n) is 2.85. The maximum atomic E-state index is 11.3. The maximum absolute atomic E-state index is 11.3. The largest absolute Gasteiger partial charge is 0.454 e. The lowest BCUT2D eigenvalue weighted by atomic mass is 10.1. The van der Waals surface area contributed by atoms with Crippen molar-refractivity contribution in [3.05, 3.63) is 62.7 Å². The number of rotatable bonds is 4. The molecule has 0 saturated heterocycles. The van der Waals surface area contributed by atoms with Crippen LogP contribution < -0.4 is 4.74 Å². The van der Waals surface area contributed by atoms with Crippen LogP contribution in [0.15, 0.2) is 36.4 Å². The zero-order valence-corrected chi connectivity index (χ0v) is 12.1. The van der Waals surface area contributed by atoms with Gasteiger partial charge in [0.15, 0.2) is 5.78 Å². The molecule has 0 atom stereocenters. The van der Waals surface area contributed by atoms with Gasteiger partial charge in [0.1, 0.15) is 23.1 Å². The second-order valence-electron chi connectivity index (χ2n) is 4.35. The Hall–Kier alpha value is -2.91. The molecule has 0 bridgehead atoms. The zero-order valence-electron chi connectivity index (χ0n) is 11.4. The zero-order chi connectivity index (χ0) is 16.3. The molecule has 2 rings (SSSR count). The summed E-state index contributed by atoms with van der Waals surface area (Å²) in [4.78, 5) is 21.4. The number of carbonyl (C=O) groups is 1. The van der Waals surface area contributed by atoms with E-state index >= 15 is 0 Å². The third-order valence-corrected chi connectivity index (χ3v) is 3.15. The SMILES string of the molecule is CC(=O)c1ccc(Oc2ccc([N+](=O)[O-])cc2C#N)c(Cl)c1. The molecular formula is C15H9ClN2O4. The second-order valence-corrected chi connectivity index (χ2v) is 4.76. The van der Waals surface area contributed by atoms with E-state index in [1.807, 2.05) is 6.07 Å². The van der Waals surface area contributed by atoms with Crippen molar-refractivity contribution in [2.45, 2.75) is 6.92 Å². The Morgan fingerprint density at radius 3 is 2.50 bits per heavy atom. The van der Waals surface area contributed by atoms with Gasteiger partial charge in [0.05, 0.1) is 9.95 Å². The fourth-order valence-electron chi connectivity index (χ4n) is 1.73. The maximum Gasteiger partial charge on any atom is 0.271 e. The van der Waals surface area contributed by atoms with Gasteiger partial charge in [-0.25, -0.2) is 0 Å². The van der Waals surface area contributed by atoms with E-state index in [1.54, 1.807) is 6.07 Å². The molecule has 0 aliphatic rings. The van der Waals surface area contributed by atoms with E-state index in [4.69, 9.17) is 21.6 Å². The smallest absolute Gasteiger partial charge is 0.271 e. The number of halogens is 1. The van der Waals surface area contributed by atoms with Crippen LogP contribution in [0.2, 0.25) is 5.02 Å². The lowest BCUT2D eigenvalue weighted by Crippen LogP contribution is -1.95. The lowest BCUT2D eigenvalue weighted by molar-refractivity contribution is -0.384. The molecule has 22 heavy (non-hydrogen) atoms. The average molecular weight is 317 g/mol. The first-order valence-electron chi connectivity index (χ1n) is 6.09. The minimum atomic E-state index is -0.598. The van der Waals surface area contributed by atoms with Crippen LogP contribution >= 0.6 is 11.6 Å². The van der Waals surface area contributed by atoms with Crippen molar-refractivity contribution in [1.29, 1.82) is 5.26 Å². The molecule has 2 aromatic carbocycles. The molecule has 0 aromatic heterocycles. The molecule has 7 heteroatoms. The highest BCUT2D eigenvalue weighted by atomic mass is 35.5. The van der Waals surface area contributed by atoms with E-state index in [-0.39, 0.29) is 33.6 Å². The molecule has 0 amide bonds. The van der Waals surface area contributed by atoms with Crippen LogP contribution in [0.5, 0.6) is 11.5 Å². The van der Waals surface area contributed by atoms with Gasteiger partial charge in [-0.1, -0.05) is 11.6 Å². The first-order chi connectivity index (χ1) is 10.4. The van der Waals surface area contributed by atoms with Crippen molar-refractivity contribution >= 4 is 23.1 Å². The molecule has 0 radical (unpaired) electrons. The highest BCUT2D eigenvalue weighted by molar-refractivity contribution is 6.32. The number of carbonyl (C=O) groups excluding carboxylic acids is 1. The van der Waals surface area contributed by atoms with Crippen molar-refractivity contribution in [3.8, 4) is 17.6 Å². The predicted molar refractivity (Wildman–Crippen MR) is 79.3 cm³/mol. The Labute approximate surface area is 130 Å². The van der Waals surface area contributed by atoms with Gasteiger partial charge in [0, 0.05) is 17.7 Å². The quantitative estimate of drug-likeness (QED) is 0.480. The Morgan fingerprint density at radius 1 is 1.27 bits per heavy atom. The van der Waals surface area contributed by atoms with Crippen LogP contribution in [0.4, 0.5) is 5.69 Å². The van der Waals surface area contributed by atoms with Crippen LogP contribution in [0, 0.1) is 21.4 Å². The Morgan fingerprint density at radius 2 is 1.95 bits per heavy atom. The van der Waals surface area contributed by atoms with Crippen LogP contribution in [-0.2, 0) is 0 Å². The minimum Gasteiger partial charge on any atom is -0.454 e. The van der Waals surface area contributed by atoms with Gasteiger partial charge >= 0.3 is 0 Å². The summed E-state index contributed by atoms with van der Waals surface area (Å²) in [7, 11) is 0. The molecule has 0 saturated carbocycles. The molecular weight excluding hydrogens is 308 g/mol. The molecule has 0 N–H and O–H groups in total. The number of nitro groups is 1. The summed E-state index contributed by atoms with van der Waals surface area (Å²) < 4.78 is 5.51. The highest BCUT2D eigenvalue weighted by Crippen LogP contribution is 2.33. The van der Waals surface area contributed by atoms with Gasteiger partial charge in [-0.3, -0.25) is 14.9 Å². The van der Waals surface area contributed by atoms with Gasteiger partial charge in [0.25, 0.3) is 5.69 Å². The van der Waals surface area contributed by atoms with E-state index in [9.17, 15) is 14.9 Å². The molecule has 0 aliphatic carbocycles. The lowest BCUT2D eigenvalue weighted by Gasteiger charge is -2.09. The number of Topliss-reactive ketones (excluding diaryl/α,β-unsaturated/α-hetero) is 1. The number of ketones is 1. The molecule has 0 fully saturated rings. The first kappa shape index (κ1) is 15.5. The van der Waals surface area contributed by atoms with Crippen molar-refractivity contribution in [3.63, 3.8) is 0 Å². The summed E-state index contributed by atoms with van der Waals surface area (Å²) >= 11 is 6.03. The second kappa shape index (κ2) is 6.24. The standard InChI is InChI=1S/C15H9ClN2O4/c1-9(19)10-2-4-15(13(16)7-10)22-14-5-3-12(18(20)21)6-11(14)8-17/h2-7H,1H3. The molecule has 6 nitrogen and oxygen atoms in total. The number of hydrogen-bond acceptors (Lipinski definition) is 5. The summed E-state index contributed by atoms with van der Waals surface area (Å²) in [5.74, 6) is 0.254. The summed E-state index contributed by atoms with van der Waals surface area (Å²) in [5.41, 5.74) is 0.240. The van der Waals surface area contributed by atoms with Crippen LogP contribution in [0.25, 0.3) is 0 Å². The van der Waals surface area contributed by atoms with Crippen LogP contribution in [-0.4, -0.2) is 10.7 Å². The third kappa shape index (κ3) is 3.22. The summed E-state index contributed by atoms with van der Waals surface area (Å²) in [6.07, 6.45) is 0. The van der Waals surface area contributed by atoms with Gasteiger partial charge in [0.2, 0.25) is 0 Å². The van der Waals surface area contributed by atoms with E-state index in [0.29, 0.717) is 5.56 Å². The van der Waals surface area contributed by atoms with Crippen molar-refractivity contribution in [1.82, 2.24) is 0 Å². The fourth-order valence-corrected chi connectivity index (χ4v) is 1.95. The van der Waals surface area contributed by atoms with Crippen LogP contribution in [0.1, 0.15) is 22.8 Å². The number of benzene rings is 2. The van der Waals surface area contributed by atoms with Gasteiger partial charge < -0.3 is 4.74 Å². The number of non-ortho nitro benzene ring substituents is 1. The van der Waals surface area contributed by atoms with E-state index in [1.165, 1.54) is 31.2 Å². The molecule has 2 aromatic rings. The molecule has 0 spiro atoms. The average Bonchev–Trinajstić information content (AvgIpc) is 2.49. The predicted octanol–water partition coefficient (Wildman–Crippen LogP) is 4.11. The summed E-state index contributed by atoms with van der Waals surface area (Å²) in [5, 5.41) is 20.0. The van der Waals surface area contributed by atoms with E-state index < -0.39 is 4.92 Å². The number of nitro benzene ring substituents is 1. The Balaban J connectivity index is 2.37. The van der Waals surface area contributed by atoms with E-state index in [2.05, 4.69) is 0 Å². The van der Waals surface area contributed by atoms with Gasteiger partial charge in [-0.05, 0) is 31.2 Å². The topological polar surface area (TPSA) is 93.2 Å². The monoisotopic (exact) mass is 316 g/mol. The minimum absolute atomic E-state index is 0.0147. The Kier molecular flexibility index (Phi) is 4.39. The Bertz CT molecular complexity index is 812. The normalized spacial score (nSPS) is 9.86. The molecule has 110 valence electrons. The fraction of sp³-hybridized carbons (Fsp3) is 0.0667. The van der Waals surface area contributed by atoms with Crippen molar-refractivity contribution in [2.75, 3.05) is 0 Å². The molecule has 0 unspecified atom stereocenters. The van der Waals surface area contributed by atoms with Gasteiger partial charge in [-0.2, -0.15) is 5.26 Å². The number of nitrogens with zero attached hydrogens (tertiary/aromatic N) is 2. The summed E-state index contributed by atoms with van der Waals surface area (Å²) in [6, 6.07) is 10.0. The summed E-state index contributed by atoms with van der Waals surface area (Å²) in [6.45, 7) is 1.41. The van der Waals surface area contributed by atoms with Crippen molar-refractivity contribution in [2.24, 2.45) is 0 Å². The van der Waals surface area contributed by atoms with Crippen molar-refractivity contribution < 1.29 is 14.5 Å². The molecule has 0 aliphatic heterocycles. The van der Waals surface area contributed by atoms with Crippen LogP contribution in [0.3, 0.4) is 0 Å². The molecule has 0 heterocycles. The number of hydrogen-bond donors (Lipinski definition) is 0. The number of ether oxygens (including phenoxy) is 1.